The van der Waals surface area contributed by atoms with Gasteiger partial charge < -0.3 is 14.7 Å². The summed E-state index contributed by atoms with van der Waals surface area (Å²) in [5.74, 6) is -3.76. The average Bonchev–Trinajstić information content (AvgIpc) is 3.33. The van der Waals surface area contributed by atoms with Crippen LogP contribution in [0.3, 0.4) is 0 Å². The molecule has 0 saturated carbocycles. The number of alkyl halides is 6. The minimum atomic E-state index is -5.05. The zero-order valence-electron chi connectivity index (χ0n) is 35.2. The van der Waals surface area contributed by atoms with E-state index in [1.165, 1.54) is 0 Å². The molecule has 68 heavy (non-hydrogen) atoms. The van der Waals surface area contributed by atoms with Crippen LogP contribution >= 0.6 is 14.5 Å². The zero-order chi connectivity index (χ0) is 49.5. The molecule has 0 unspecified atom stereocenters. The van der Waals surface area contributed by atoms with E-state index in [2.05, 4.69) is 4.65 Å². The van der Waals surface area contributed by atoms with Gasteiger partial charge in [-0.2, -0.15) is 43.9 Å². The van der Waals surface area contributed by atoms with Crippen LogP contribution in [0, 0.1) is 0 Å². The molecule has 0 aromatic heterocycles. The van der Waals surface area contributed by atoms with Gasteiger partial charge in [0.25, 0.3) is 0 Å². The molecule has 7 rings (SSSR count). The first-order valence-corrected chi connectivity index (χ1v) is 24.0. The molecule has 0 heterocycles. The minimum absolute atomic E-state index is 0.141. The van der Waals surface area contributed by atoms with Gasteiger partial charge in [-0.1, -0.05) is 109 Å². The molecule has 3 nitrogen and oxygen atoms in total. The third kappa shape index (κ3) is 13.5. The second-order valence-corrected chi connectivity index (χ2v) is 21.4. The van der Waals surface area contributed by atoms with E-state index in [1.807, 2.05) is 182 Å². The Balaban J connectivity index is 0.000000194. The summed E-state index contributed by atoms with van der Waals surface area (Å²) in [6, 6.07) is 56.6. The maximum Gasteiger partial charge on any atom is 0.416 e. The van der Waals surface area contributed by atoms with Gasteiger partial charge in [0.05, 0.1) is 16.9 Å². The molecule has 7 aromatic carbocycles. The molecule has 0 atom stereocenters. The molecule has 0 fully saturated rings. The van der Waals surface area contributed by atoms with Crippen LogP contribution in [0.1, 0.15) is 11.1 Å². The van der Waals surface area contributed by atoms with Gasteiger partial charge in [0.15, 0.2) is 0 Å². The van der Waals surface area contributed by atoms with Crippen molar-refractivity contribution in [3.63, 3.8) is 0 Å². The van der Waals surface area contributed by atoms with E-state index >= 15 is 0 Å². The fourth-order valence-electron chi connectivity index (χ4n) is 7.18. The molecule has 7 aromatic rings. The van der Waals surface area contributed by atoms with E-state index in [9.17, 15) is 62.7 Å². The van der Waals surface area contributed by atoms with Gasteiger partial charge in [0, 0.05) is 0 Å². The van der Waals surface area contributed by atoms with Gasteiger partial charge in [0.1, 0.15) is 66.0 Å². The Bertz CT molecular complexity index is 2330. The predicted octanol–water partition coefficient (Wildman–Crippen LogP) is 10.9. The number of rotatable bonds is 12. The first-order valence-electron chi connectivity index (χ1n) is 20.1. The van der Waals surface area contributed by atoms with Crippen molar-refractivity contribution in [2.75, 3.05) is 12.3 Å². The quantitative estimate of drug-likeness (QED) is 0.0696. The molecule has 0 N–H and O–H groups in total. The van der Waals surface area contributed by atoms with Gasteiger partial charge in [-0.3, -0.25) is 0 Å². The Labute approximate surface area is 385 Å². The summed E-state index contributed by atoms with van der Waals surface area (Å²) in [7, 11) is -8.17. The van der Waals surface area contributed by atoms with Crippen LogP contribution in [0.2, 0.25) is 0 Å². The highest BCUT2D eigenvalue weighted by Gasteiger charge is 2.48. The molecular formula is C50H37BF12O3P2. The lowest BCUT2D eigenvalue weighted by molar-refractivity contribution is -0.372. The highest BCUT2D eigenvalue weighted by atomic mass is 31.2. The van der Waals surface area contributed by atoms with Crippen molar-refractivity contribution in [2.24, 2.45) is 0 Å². The maximum absolute atomic E-state index is 14.2. The average molecular weight is 987 g/mol. The fourth-order valence-corrected chi connectivity index (χ4v) is 15.2. The monoisotopic (exact) mass is 986 g/mol. The van der Waals surface area contributed by atoms with Crippen molar-refractivity contribution in [2.45, 2.75) is 12.4 Å². The lowest BCUT2D eigenvalue weighted by Crippen LogP contribution is -2.50. The van der Waals surface area contributed by atoms with Crippen molar-refractivity contribution in [3.05, 3.63) is 235 Å². The van der Waals surface area contributed by atoms with E-state index in [0.29, 0.717) is 0 Å². The Hall–Kier alpha value is -6.18. The highest BCUT2D eigenvalue weighted by molar-refractivity contribution is 7.96. The first kappa shape index (κ1) is 52.8. The summed E-state index contributed by atoms with van der Waals surface area (Å²) < 4.78 is 158. The van der Waals surface area contributed by atoms with Gasteiger partial charge in [0.2, 0.25) is 11.7 Å². The molecule has 0 aliphatic rings. The number of benzene rings is 7. The Morgan fingerprint density at radius 3 is 0.779 bits per heavy atom. The van der Waals surface area contributed by atoms with Gasteiger partial charge in [-0.15, -0.1) is 0 Å². The SMILES string of the molecule is FC(F)=C(F)C[P+](c1ccccc1)(c1ccccc1)c1ccccc1.FC(F)=C(F)C[P+](c1ccccc1)(c1ccccc1)c1ccccc1.[O-]B([O-])Oc1cc(C(F)(F)F)cc(C(F)(F)F)c1. The van der Waals surface area contributed by atoms with E-state index in [1.54, 1.807) is 0 Å². The molecule has 0 bridgehead atoms. The van der Waals surface area contributed by atoms with Crippen LogP contribution in [-0.2, 0) is 12.4 Å². The van der Waals surface area contributed by atoms with Crippen LogP contribution < -0.4 is 46.5 Å². The van der Waals surface area contributed by atoms with Crippen LogP contribution in [-0.4, -0.2) is 19.6 Å². The smallest absolute Gasteiger partial charge is 0.416 e. The van der Waals surface area contributed by atoms with Crippen molar-refractivity contribution in [3.8, 4) is 5.75 Å². The van der Waals surface area contributed by atoms with E-state index in [-0.39, 0.29) is 30.5 Å². The summed E-state index contributed by atoms with van der Waals surface area (Å²) >= 11 is 0. The fraction of sp³-hybridized carbons (Fsp3) is 0.0800. The van der Waals surface area contributed by atoms with Crippen molar-refractivity contribution in [1.82, 2.24) is 0 Å². The van der Waals surface area contributed by atoms with Crippen LogP contribution in [0.25, 0.3) is 0 Å². The summed E-state index contributed by atoms with van der Waals surface area (Å²) in [6.45, 7) is 0. The van der Waals surface area contributed by atoms with Crippen LogP contribution in [0.15, 0.2) is 224 Å². The van der Waals surface area contributed by atoms with Gasteiger partial charge >= 0.3 is 24.5 Å². The van der Waals surface area contributed by atoms with Crippen LogP contribution in [0.5, 0.6) is 5.75 Å². The normalized spacial score (nSPS) is 11.5. The largest absolute Gasteiger partial charge is 0.860 e. The molecule has 352 valence electrons. The molecule has 0 aliphatic carbocycles. The summed E-state index contributed by atoms with van der Waals surface area (Å²) in [5.41, 5.74) is -3.32. The second-order valence-electron chi connectivity index (χ2n) is 14.4. The molecule has 0 saturated heterocycles. The summed E-state index contributed by atoms with van der Waals surface area (Å²) in [5, 5.41) is 25.4. The van der Waals surface area contributed by atoms with Crippen molar-refractivity contribution >= 4 is 53.7 Å². The van der Waals surface area contributed by atoms with Crippen molar-refractivity contribution in [1.29, 1.82) is 0 Å². The molecule has 0 aliphatic heterocycles. The number of allylic oxidation sites excluding steroid dienone is 2. The summed E-state index contributed by atoms with van der Waals surface area (Å²) in [4.78, 5) is 0. The van der Waals surface area contributed by atoms with Gasteiger partial charge in [-0.05, 0) is 91.0 Å². The standard InChI is InChI=1S/2C21H17F3P.C8H3BF6O3/c2*22-20(21(23)24)16-25(17-10-4-1-5-11-17,18-12-6-2-7-13-18)19-14-8-3-9-15-19;10-7(11,12)4-1-5(8(13,14)15)3-6(2-4)18-9(16)17/h2*1-15H,16H2;1-3H/q2*+1;-2. The third-order valence-electron chi connectivity index (χ3n) is 10.1. The Morgan fingerprint density at radius 2 is 0.603 bits per heavy atom. The van der Waals surface area contributed by atoms with E-state index in [0.717, 1.165) is 31.8 Å². The maximum atomic E-state index is 14.2. The van der Waals surface area contributed by atoms with Crippen molar-refractivity contribution < 1.29 is 67.4 Å². The van der Waals surface area contributed by atoms with E-state index < -0.39 is 74.9 Å². The lowest BCUT2D eigenvalue weighted by Gasteiger charge is -2.27. The second kappa shape index (κ2) is 23.7. The summed E-state index contributed by atoms with van der Waals surface area (Å²) in [6.07, 6.45) is -15.2. The first-order chi connectivity index (χ1) is 32.3. The number of halogens is 12. The Morgan fingerprint density at radius 1 is 0.382 bits per heavy atom. The highest BCUT2D eigenvalue weighted by Crippen LogP contribution is 2.58. The number of hydrogen-bond acceptors (Lipinski definition) is 3. The topological polar surface area (TPSA) is 55.3 Å². The molecular weight excluding hydrogens is 949 g/mol. The van der Waals surface area contributed by atoms with Gasteiger partial charge in [-0.25, -0.2) is 8.78 Å². The van der Waals surface area contributed by atoms with E-state index in [4.69, 9.17) is 0 Å². The molecule has 0 radical (unpaired) electrons. The Kier molecular flexibility index (Phi) is 18.4. The van der Waals surface area contributed by atoms with Crippen LogP contribution in [0.4, 0.5) is 52.7 Å². The molecule has 0 amide bonds. The predicted molar refractivity (Wildman–Crippen MR) is 244 cm³/mol. The third-order valence-corrected chi connectivity index (χ3v) is 18.7. The molecule has 0 spiro atoms. The number of hydrogen-bond donors (Lipinski definition) is 0. The zero-order valence-corrected chi connectivity index (χ0v) is 37.0. The molecule has 18 heteroatoms. The minimum Gasteiger partial charge on any atom is -0.860 e. The lowest BCUT2D eigenvalue weighted by atomic mass is 10.1.